The fourth-order valence-electron chi connectivity index (χ4n) is 4.07. The first-order valence-electron chi connectivity index (χ1n) is 11.1. The van der Waals surface area contributed by atoms with Crippen molar-refractivity contribution in [2.45, 2.75) is 45.8 Å². The number of hydrogen-bond acceptors (Lipinski definition) is 2. The summed E-state index contributed by atoms with van der Waals surface area (Å²) in [5.74, 6) is 1.30. The molecule has 0 unspecified atom stereocenters. The van der Waals surface area contributed by atoms with Crippen LogP contribution >= 0.6 is 0 Å². The van der Waals surface area contributed by atoms with E-state index in [0.29, 0.717) is 18.6 Å². The van der Waals surface area contributed by atoms with Crippen LogP contribution in [0.5, 0.6) is 5.75 Å². The van der Waals surface area contributed by atoms with Gasteiger partial charge in [-0.1, -0.05) is 85.2 Å². The molecule has 156 valence electrons. The maximum absolute atomic E-state index is 6.35. The van der Waals surface area contributed by atoms with Crippen LogP contribution in [0.15, 0.2) is 78.9 Å². The third kappa shape index (κ3) is 5.99. The van der Waals surface area contributed by atoms with Crippen LogP contribution < -0.4 is 10.2 Å². The summed E-state index contributed by atoms with van der Waals surface area (Å²) in [6, 6.07) is 28.4. The van der Waals surface area contributed by atoms with Gasteiger partial charge in [0.2, 0.25) is 0 Å². The van der Waals surface area contributed by atoms with E-state index in [0.717, 1.165) is 25.3 Å². The van der Waals surface area contributed by atoms with E-state index < -0.39 is 0 Å². The first-order chi connectivity index (χ1) is 14.6. The maximum atomic E-state index is 6.35. The van der Waals surface area contributed by atoms with Gasteiger partial charge >= 0.3 is 0 Å². The molecule has 0 saturated carbocycles. The van der Waals surface area contributed by atoms with E-state index in [1.165, 1.54) is 22.2 Å². The van der Waals surface area contributed by atoms with Gasteiger partial charge in [-0.3, -0.25) is 0 Å². The molecule has 3 heteroatoms. The zero-order chi connectivity index (χ0) is 21.3. The van der Waals surface area contributed by atoms with Crippen LogP contribution in [0.25, 0.3) is 0 Å². The van der Waals surface area contributed by atoms with E-state index in [4.69, 9.17) is 4.74 Å². The topological polar surface area (TPSA) is 12.5 Å². The lowest BCUT2D eigenvalue weighted by molar-refractivity contribution is 0.226. The van der Waals surface area contributed by atoms with Gasteiger partial charge in [-0.15, -0.1) is 0 Å². The molecule has 0 heterocycles. The average molecular weight is 399 g/mol. The van der Waals surface area contributed by atoms with Crippen molar-refractivity contribution in [2.75, 3.05) is 13.1 Å². The highest BCUT2D eigenvalue weighted by molar-refractivity contribution is 6.32. The summed E-state index contributed by atoms with van der Waals surface area (Å²) >= 11 is 0. The summed E-state index contributed by atoms with van der Waals surface area (Å²) < 4.78 is 6.35. The molecule has 0 spiro atoms. The van der Waals surface area contributed by atoms with Crippen LogP contribution in [-0.4, -0.2) is 31.9 Å². The normalized spacial score (nSPS) is 12.3. The smallest absolute Gasteiger partial charge is 0.139 e. The standard InChI is InChI=1S/C27H34BNO/c1-4-29(21(2)3)18-17-25(23-13-9-6-10-14-23)26-19-24(28)15-16-27(26)30-20-22-11-7-5-8-12-22/h5-16,19,21,25H,4,17-18,20,28H2,1-3H3/t25-/m1/s1. The van der Waals surface area contributed by atoms with Crippen LogP contribution in [-0.2, 0) is 6.61 Å². The Balaban J connectivity index is 1.90. The van der Waals surface area contributed by atoms with Crippen molar-refractivity contribution in [3.63, 3.8) is 0 Å². The molecule has 0 N–H and O–H groups in total. The zero-order valence-electron chi connectivity index (χ0n) is 18.8. The van der Waals surface area contributed by atoms with Crippen molar-refractivity contribution >= 4 is 13.3 Å². The fourth-order valence-corrected chi connectivity index (χ4v) is 4.07. The Bertz CT molecular complexity index is 895. The molecular formula is C27H34BNO. The zero-order valence-corrected chi connectivity index (χ0v) is 18.8. The second-order valence-corrected chi connectivity index (χ2v) is 8.29. The minimum atomic E-state index is 0.310. The highest BCUT2D eigenvalue weighted by Gasteiger charge is 2.20. The molecule has 1 atom stereocenters. The summed E-state index contributed by atoms with van der Waals surface area (Å²) in [7, 11) is 2.17. The van der Waals surface area contributed by atoms with Crippen LogP contribution in [0.1, 0.15) is 49.8 Å². The quantitative estimate of drug-likeness (QED) is 0.455. The van der Waals surface area contributed by atoms with Crippen molar-refractivity contribution in [1.82, 2.24) is 4.90 Å². The first kappa shape index (κ1) is 22.2. The number of ether oxygens (including phenoxy) is 1. The van der Waals surface area contributed by atoms with Gasteiger partial charge in [0, 0.05) is 17.5 Å². The Hall–Kier alpha value is -2.52. The largest absolute Gasteiger partial charge is 0.489 e. The minimum absolute atomic E-state index is 0.310. The van der Waals surface area contributed by atoms with Crippen molar-refractivity contribution < 1.29 is 4.74 Å². The molecule has 0 radical (unpaired) electrons. The second-order valence-electron chi connectivity index (χ2n) is 8.29. The van der Waals surface area contributed by atoms with Gasteiger partial charge < -0.3 is 9.64 Å². The van der Waals surface area contributed by atoms with E-state index in [2.05, 4.69) is 106 Å². The highest BCUT2D eigenvalue weighted by atomic mass is 16.5. The number of rotatable bonds is 10. The number of nitrogens with zero attached hydrogens (tertiary/aromatic N) is 1. The van der Waals surface area contributed by atoms with Gasteiger partial charge in [-0.2, -0.15) is 0 Å². The lowest BCUT2D eigenvalue weighted by Gasteiger charge is -2.28. The first-order valence-corrected chi connectivity index (χ1v) is 11.1. The van der Waals surface area contributed by atoms with Gasteiger partial charge in [0.1, 0.15) is 20.2 Å². The van der Waals surface area contributed by atoms with Crippen LogP contribution in [0.4, 0.5) is 0 Å². The van der Waals surface area contributed by atoms with E-state index >= 15 is 0 Å². The number of benzene rings is 3. The van der Waals surface area contributed by atoms with E-state index in [-0.39, 0.29) is 0 Å². The van der Waals surface area contributed by atoms with Crippen LogP contribution in [0.2, 0.25) is 0 Å². The molecule has 0 aliphatic carbocycles. The van der Waals surface area contributed by atoms with E-state index in [1.54, 1.807) is 0 Å². The Kier molecular flexibility index (Phi) is 8.16. The Morgan fingerprint density at radius 2 is 1.57 bits per heavy atom. The maximum Gasteiger partial charge on any atom is 0.139 e. The third-order valence-electron chi connectivity index (χ3n) is 5.82. The molecule has 0 amide bonds. The highest BCUT2D eigenvalue weighted by Crippen LogP contribution is 2.34. The minimum Gasteiger partial charge on any atom is -0.489 e. The molecule has 3 aromatic rings. The van der Waals surface area contributed by atoms with Gasteiger partial charge in [0.15, 0.2) is 0 Å². The molecule has 0 aliphatic heterocycles. The average Bonchev–Trinajstić information content (AvgIpc) is 2.77. The molecule has 3 rings (SSSR count). The van der Waals surface area contributed by atoms with Gasteiger partial charge in [0.05, 0.1) is 0 Å². The molecule has 30 heavy (non-hydrogen) atoms. The predicted octanol–water partition coefficient (Wildman–Crippen LogP) is 4.78. The number of hydrogen-bond donors (Lipinski definition) is 0. The molecule has 0 fully saturated rings. The summed E-state index contributed by atoms with van der Waals surface area (Å²) in [6.07, 6.45) is 1.07. The molecule has 3 aromatic carbocycles. The molecule has 0 aromatic heterocycles. The third-order valence-corrected chi connectivity index (χ3v) is 5.82. The summed E-state index contributed by atoms with van der Waals surface area (Å²) in [6.45, 7) is 9.54. The Morgan fingerprint density at radius 3 is 2.20 bits per heavy atom. The second kappa shape index (κ2) is 11.0. The Morgan fingerprint density at radius 1 is 0.900 bits per heavy atom. The van der Waals surface area contributed by atoms with E-state index in [1.807, 2.05) is 6.07 Å². The van der Waals surface area contributed by atoms with Gasteiger partial charge in [-0.25, -0.2) is 0 Å². The summed E-state index contributed by atoms with van der Waals surface area (Å²) in [5, 5.41) is 0. The lowest BCUT2D eigenvalue weighted by atomic mass is 9.84. The molecule has 0 bridgehead atoms. The van der Waals surface area contributed by atoms with Crippen molar-refractivity contribution in [2.24, 2.45) is 0 Å². The molecule has 0 aliphatic rings. The van der Waals surface area contributed by atoms with Gasteiger partial charge in [0.25, 0.3) is 0 Å². The summed E-state index contributed by atoms with van der Waals surface area (Å²) in [4.78, 5) is 2.54. The lowest BCUT2D eigenvalue weighted by Crippen LogP contribution is -2.32. The fraction of sp³-hybridized carbons (Fsp3) is 0.333. The van der Waals surface area contributed by atoms with Crippen molar-refractivity contribution in [3.05, 3.63) is 95.6 Å². The molecule has 0 saturated heterocycles. The van der Waals surface area contributed by atoms with Crippen LogP contribution in [0.3, 0.4) is 0 Å². The Labute approximate surface area is 183 Å². The van der Waals surface area contributed by atoms with E-state index in [9.17, 15) is 0 Å². The van der Waals surface area contributed by atoms with Crippen molar-refractivity contribution in [3.8, 4) is 5.75 Å². The predicted molar refractivity (Wildman–Crippen MR) is 131 cm³/mol. The van der Waals surface area contributed by atoms with Crippen LogP contribution in [0, 0.1) is 0 Å². The molecule has 2 nitrogen and oxygen atoms in total. The van der Waals surface area contributed by atoms with Crippen molar-refractivity contribution in [1.29, 1.82) is 0 Å². The summed E-state index contributed by atoms with van der Waals surface area (Å²) in [5.41, 5.74) is 5.11. The van der Waals surface area contributed by atoms with Gasteiger partial charge in [-0.05, 0) is 50.6 Å². The SMILES string of the molecule is Bc1ccc(OCc2ccccc2)c([C@H](CCN(CC)C(C)C)c2ccccc2)c1. The molecular weight excluding hydrogens is 365 g/mol. The monoisotopic (exact) mass is 399 g/mol.